The topological polar surface area (TPSA) is 46.3 Å². The number of aromatic nitrogens is 1. The maximum atomic E-state index is 9.33. The molecular weight excluding hydrogens is 166 g/mol. The Bertz CT molecular complexity index is 274. The first-order valence-corrected chi connectivity index (χ1v) is 4.86. The summed E-state index contributed by atoms with van der Waals surface area (Å²) in [4.78, 5) is 4.31. The molecule has 3 heteroatoms. The maximum Gasteiger partial charge on any atom is 0.197 e. The molecule has 0 bridgehead atoms. The fourth-order valence-electron chi connectivity index (χ4n) is 1.88. The SMILES string of the molecule is Cc1coc(C2CCC(O)CC2)n1. The zero-order chi connectivity index (χ0) is 9.26. The third-order valence-corrected chi connectivity index (χ3v) is 2.68. The highest BCUT2D eigenvalue weighted by molar-refractivity contribution is 5.00. The van der Waals surface area contributed by atoms with Gasteiger partial charge in [-0.2, -0.15) is 0 Å². The van der Waals surface area contributed by atoms with Crippen molar-refractivity contribution in [3.63, 3.8) is 0 Å². The van der Waals surface area contributed by atoms with Crippen molar-refractivity contribution in [3.8, 4) is 0 Å². The van der Waals surface area contributed by atoms with Crippen LogP contribution in [-0.4, -0.2) is 16.2 Å². The number of hydrogen-bond acceptors (Lipinski definition) is 3. The first kappa shape index (κ1) is 8.75. The summed E-state index contributed by atoms with van der Waals surface area (Å²) in [5.41, 5.74) is 0.945. The van der Waals surface area contributed by atoms with Gasteiger partial charge in [0.05, 0.1) is 11.8 Å². The normalized spacial score (nSPS) is 29.1. The number of oxazole rings is 1. The minimum Gasteiger partial charge on any atom is -0.448 e. The highest BCUT2D eigenvalue weighted by Gasteiger charge is 2.23. The molecule has 0 aliphatic heterocycles. The van der Waals surface area contributed by atoms with E-state index in [9.17, 15) is 5.11 Å². The molecule has 0 spiro atoms. The van der Waals surface area contributed by atoms with Gasteiger partial charge in [0.15, 0.2) is 5.89 Å². The van der Waals surface area contributed by atoms with E-state index in [1.54, 1.807) is 6.26 Å². The van der Waals surface area contributed by atoms with Crippen LogP contribution >= 0.6 is 0 Å². The molecule has 1 aromatic heterocycles. The van der Waals surface area contributed by atoms with Crippen LogP contribution in [0.25, 0.3) is 0 Å². The summed E-state index contributed by atoms with van der Waals surface area (Å²) in [6.07, 6.45) is 5.35. The van der Waals surface area contributed by atoms with Crippen LogP contribution in [0.5, 0.6) is 0 Å². The first-order chi connectivity index (χ1) is 6.25. The number of aliphatic hydroxyl groups is 1. The fourth-order valence-corrected chi connectivity index (χ4v) is 1.88. The van der Waals surface area contributed by atoms with Gasteiger partial charge < -0.3 is 9.52 Å². The predicted octanol–water partition coefficient (Wildman–Crippen LogP) is 2.00. The molecule has 72 valence electrons. The van der Waals surface area contributed by atoms with Crippen LogP contribution in [-0.2, 0) is 0 Å². The third-order valence-electron chi connectivity index (χ3n) is 2.68. The lowest BCUT2D eigenvalue weighted by atomic mass is 9.87. The van der Waals surface area contributed by atoms with E-state index in [1.807, 2.05) is 6.92 Å². The van der Waals surface area contributed by atoms with Crippen LogP contribution < -0.4 is 0 Å². The zero-order valence-electron chi connectivity index (χ0n) is 7.86. The molecule has 1 aliphatic rings. The third kappa shape index (κ3) is 1.91. The molecule has 1 saturated carbocycles. The summed E-state index contributed by atoms with van der Waals surface area (Å²) in [6, 6.07) is 0. The molecule has 1 fully saturated rings. The molecule has 2 rings (SSSR count). The maximum absolute atomic E-state index is 9.33. The standard InChI is InChI=1S/C10H15NO2/c1-7-6-13-10(11-7)8-2-4-9(12)5-3-8/h6,8-9,12H,2-5H2,1H3. The number of aliphatic hydroxyl groups excluding tert-OH is 1. The van der Waals surface area contributed by atoms with Crippen LogP contribution in [0.2, 0.25) is 0 Å². The molecular formula is C10H15NO2. The van der Waals surface area contributed by atoms with E-state index in [2.05, 4.69) is 4.98 Å². The van der Waals surface area contributed by atoms with Gasteiger partial charge in [0.1, 0.15) is 6.26 Å². The van der Waals surface area contributed by atoms with Crippen molar-refractivity contribution in [2.24, 2.45) is 0 Å². The summed E-state index contributed by atoms with van der Waals surface area (Å²) in [5.74, 6) is 1.28. The minimum absolute atomic E-state index is 0.104. The molecule has 13 heavy (non-hydrogen) atoms. The van der Waals surface area contributed by atoms with Crippen molar-refractivity contribution in [3.05, 3.63) is 17.8 Å². The van der Waals surface area contributed by atoms with Crippen molar-refractivity contribution < 1.29 is 9.52 Å². The predicted molar refractivity (Wildman–Crippen MR) is 48.5 cm³/mol. The molecule has 0 radical (unpaired) electrons. The quantitative estimate of drug-likeness (QED) is 0.720. The second-order valence-electron chi connectivity index (χ2n) is 3.83. The van der Waals surface area contributed by atoms with Gasteiger partial charge in [-0.05, 0) is 32.6 Å². The van der Waals surface area contributed by atoms with Gasteiger partial charge in [-0.3, -0.25) is 0 Å². The minimum atomic E-state index is -0.104. The van der Waals surface area contributed by atoms with E-state index >= 15 is 0 Å². The van der Waals surface area contributed by atoms with Crippen LogP contribution in [0, 0.1) is 6.92 Å². The van der Waals surface area contributed by atoms with Gasteiger partial charge >= 0.3 is 0 Å². The van der Waals surface area contributed by atoms with Gasteiger partial charge in [0.25, 0.3) is 0 Å². The second-order valence-corrected chi connectivity index (χ2v) is 3.83. The number of aryl methyl sites for hydroxylation is 1. The summed E-state index contributed by atoms with van der Waals surface area (Å²) < 4.78 is 5.35. The average molecular weight is 181 g/mol. The number of rotatable bonds is 1. The van der Waals surface area contributed by atoms with E-state index in [1.165, 1.54) is 0 Å². The zero-order valence-corrected chi connectivity index (χ0v) is 7.86. The summed E-state index contributed by atoms with van der Waals surface area (Å²) in [7, 11) is 0. The Morgan fingerprint density at radius 3 is 2.62 bits per heavy atom. The molecule has 0 saturated heterocycles. The van der Waals surface area contributed by atoms with E-state index in [4.69, 9.17) is 4.42 Å². The van der Waals surface area contributed by atoms with Crippen LogP contribution in [0.1, 0.15) is 43.2 Å². The van der Waals surface area contributed by atoms with Crippen LogP contribution in [0.4, 0.5) is 0 Å². The van der Waals surface area contributed by atoms with Gasteiger partial charge in [-0.25, -0.2) is 4.98 Å². The van der Waals surface area contributed by atoms with Crippen LogP contribution in [0.15, 0.2) is 10.7 Å². The lowest BCUT2D eigenvalue weighted by Gasteiger charge is -2.22. The van der Waals surface area contributed by atoms with Crippen molar-refractivity contribution >= 4 is 0 Å². The molecule has 3 nitrogen and oxygen atoms in total. The van der Waals surface area contributed by atoms with Gasteiger partial charge in [0.2, 0.25) is 0 Å². The first-order valence-electron chi connectivity index (χ1n) is 4.86. The number of nitrogens with zero attached hydrogens (tertiary/aromatic N) is 1. The van der Waals surface area contributed by atoms with Crippen molar-refractivity contribution in [2.45, 2.75) is 44.6 Å². The smallest absolute Gasteiger partial charge is 0.197 e. The largest absolute Gasteiger partial charge is 0.448 e. The monoisotopic (exact) mass is 181 g/mol. The van der Waals surface area contributed by atoms with E-state index in [0.29, 0.717) is 5.92 Å². The molecule has 1 heterocycles. The Labute approximate surface area is 77.8 Å². The second kappa shape index (κ2) is 3.50. The van der Waals surface area contributed by atoms with Crippen LogP contribution in [0.3, 0.4) is 0 Å². The average Bonchev–Trinajstić information content (AvgIpc) is 2.53. The molecule has 0 aromatic carbocycles. The Morgan fingerprint density at radius 2 is 2.08 bits per heavy atom. The summed E-state index contributed by atoms with van der Waals surface area (Å²) in [6.45, 7) is 1.94. The molecule has 1 aromatic rings. The highest BCUT2D eigenvalue weighted by Crippen LogP contribution is 2.32. The molecule has 0 amide bonds. The van der Waals surface area contributed by atoms with E-state index in [0.717, 1.165) is 37.3 Å². The van der Waals surface area contributed by atoms with Gasteiger partial charge in [0, 0.05) is 5.92 Å². The molecule has 0 atom stereocenters. The number of hydrogen-bond donors (Lipinski definition) is 1. The van der Waals surface area contributed by atoms with E-state index in [-0.39, 0.29) is 6.10 Å². The van der Waals surface area contributed by atoms with E-state index < -0.39 is 0 Å². The Hall–Kier alpha value is -0.830. The van der Waals surface area contributed by atoms with Crippen molar-refractivity contribution in [2.75, 3.05) is 0 Å². The highest BCUT2D eigenvalue weighted by atomic mass is 16.3. The van der Waals surface area contributed by atoms with Gasteiger partial charge in [-0.15, -0.1) is 0 Å². The summed E-state index contributed by atoms with van der Waals surface area (Å²) in [5, 5.41) is 9.33. The Balaban J connectivity index is 2.02. The molecule has 1 aliphatic carbocycles. The Kier molecular flexibility index (Phi) is 2.36. The Morgan fingerprint density at radius 1 is 1.38 bits per heavy atom. The van der Waals surface area contributed by atoms with Crippen molar-refractivity contribution in [1.82, 2.24) is 4.98 Å². The lowest BCUT2D eigenvalue weighted by Crippen LogP contribution is -2.17. The fraction of sp³-hybridized carbons (Fsp3) is 0.700. The van der Waals surface area contributed by atoms with Gasteiger partial charge in [-0.1, -0.05) is 0 Å². The molecule has 0 unspecified atom stereocenters. The summed E-state index contributed by atoms with van der Waals surface area (Å²) >= 11 is 0. The molecule has 1 N–H and O–H groups in total. The van der Waals surface area contributed by atoms with Crippen molar-refractivity contribution in [1.29, 1.82) is 0 Å². The lowest BCUT2D eigenvalue weighted by molar-refractivity contribution is 0.118.